The number of nitrogens with two attached hydrogens (primary N) is 1. The fourth-order valence-electron chi connectivity index (χ4n) is 1.40. The van der Waals surface area contributed by atoms with Crippen LogP contribution in [0.4, 0.5) is 5.69 Å². The van der Waals surface area contributed by atoms with Gasteiger partial charge in [-0.15, -0.1) is 0 Å². The van der Waals surface area contributed by atoms with Crippen LogP contribution >= 0.6 is 11.6 Å². The first-order valence-electron chi connectivity index (χ1n) is 5.05. The molecule has 0 saturated heterocycles. The predicted molar refractivity (Wildman–Crippen MR) is 66.9 cm³/mol. The number of carbonyl (C=O) groups excluding carboxylic acids is 1. The number of benzene rings is 1. The molecule has 1 amide bonds. The number of hydrogen-bond acceptors (Lipinski definition) is 4. The van der Waals surface area contributed by atoms with Crippen LogP contribution in [0.25, 0.3) is 0 Å². The number of ether oxygens (including phenoxy) is 1. The Bertz CT molecular complexity index is 464. The number of hydrogen-bond donors (Lipinski definition) is 3. The van der Waals surface area contributed by atoms with Crippen molar-refractivity contribution >= 4 is 29.2 Å². The molecule has 7 heteroatoms. The van der Waals surface area contributed by atoms with E-state index in [1.54, 1.807) is 12.1 Å². The molecule has 0 saturated carbocycles. The van der Waals surface area contributed by atoms with Gasteiger partial charge in [0.2, 0.25) is 0 Å². The van der Waals surface area contributed by atoms with Gasteiger partial charge in [-0.2, -0.15) is 0 Å². The molecule has 0 aliphatic carbocycles. The van der Waals surface area contributed by atoms with Crippen molar-refractivity contribution in [3.05, 3.63) is 28.8 Å². The Balaban J connectivity index is 2.88. The van der Waals surface area contributed by atoms with Crippen LogP contribution in [0.15, 0.2) is 18.2 Å². The highest BCUT2D eigenvalue weighted by Gasteiger charge is 2.18. The number of amides is 1. The Morgan fingerprint density at radius 2 is 2.22 bits per heavy atom. The molecule has 1 atom stereocenters. The van der Waals surface area contributed by atoms with E-state index in [0.29, 0.717) is 5.69 Å². The molecule has 0 aliphatic heterocycles. The van der Waals surface area contributed by atoms with Gasteiger partial charge in [-0.05, 0) is 12.1 Å². The fraction of sp³-hybridized carbons (Fsp3) is 0.273. The third-order valence-corrected chi connectivity index (χ3v) is 2.61. The highest BCUT2D eigenvalue weighted by Crippen LogP contribution is 2.23. The van der Waals surface area contributed by atoms with Crippen molar-refractivity contribution in [1.29, 1.82) is 0 Å². The molecule has 0 aliphatic rings. The number of aliphatic carboxylic acids is 1. The van der Waals surface area contributed by atoms with Crippen molar-refractivity contribution in [2.45, 2.75) is 6.10 Å². The summed E-state index contributed by atoms with van der Waals surface area (Å²) in [7, 11) is 1.29. The van der Waals surface area contributed by atoms with E-state index in [9.17, 15) is 9.59 Å². The van der Waals surface area contributed by atoms with Gasteiger partial charge >= 0.3 is 5.97 Å². The van der Waals surface area contributed by atoms with E-state index in [1.165, 1.54) is 13.2 Å². The van der Waals surface area contributed by atoms with Crippen LogP contribution in [-0.2, 0) is 9.53 Å². The van der Waals surface area contributed by atoms with Crippen LogP contribution in [0.3, 0.4) is 0 Å². The lowest BCUT2D eigenvalue weighted by Crippen LogP contribution is -2.31. The molecule has 4 N–H and O–H groups in total. The topological polar surface area (TPSA) is 102 Å². The monoisotopic (exact) mass is 272 g/mol. The second-order valence-electron chi connectivity index (χ2n) is 3.47. The maximum absolute atomic E-state index is 11.2. The zero-order valence-electron chi connectivity index (χ0n) is 9.64. The fourth-order valence-corrected chi connectivity index (χ4v) is 1.66. The number of carboxylic acid groups (broad SMARTS) is 1. The van der Waals surface area contributed by atoms with E-state index in [-0.39, 0.29) is 17.1 Å². The zero-order chi connectivity index (χ0) is 13.7. The first-order chi connectivity index (χ1) is 8.47. The molecule has 18 heavy (non-hydrogen) atoms. The smallest absolute Gasteiger partial charge is 0.334 e. The Labute approximate surface area is 109 Å². The van der Waals surface area contributed by atoms with Crippen molar-refractivity contribution in [3.8, 4) is 0 Å². The Morgan fingerprint density at radius 3 is 2.72 bits per heavy atom. The number of methoxy groups -OCH3 is 1. The number of rotatable bonds is 6. The third-order valence-electron chi connectivity index (χ3n) is 2.30. The molecule has 0 spiro atoms. The lowest BCUT2D eigenvalue weighted by molar-refractivity contribution is -0.147. The normalized spacial score (nSPS) is 11.9. The molecule has 0 heterocycles. The van der Waals surface area contributed by atoms with Gasteiger partial charge < -0.3 is 20.9 Å². The van der Waals surface area contributed by atoms with Crippen molar-refractivity contribution in [2.75, 3.05) is 19.0 Å². The Kier molecular flexibility index (Phi) is 4.94. The molecular weight excluding hydrogens is 260 g/mol. The zero-order valence-corrected chi connectivity index (χ0v) is 10.4. The molecule has 0 radical (unpaired) electrons. The summed E-state index contributed by atoms with van der Waals surface area (Å²) in [5, 5.41) is 11.8. The van der Waals surface area contributed by atoms with Crippen LogP contribution in [0, 0.1) is 0 Å². The summed E-state index contributed by atoms with van der Waals surface area (Å²) in [6, 6.07) is 4.73. The summed E-state index contributed by atoms with van der Waals surface area (Å²) in [5.74, 6) is -1.79. The van der Waals surface area contributed by atoms with Crippen molar-refractivity contribution in [3.63, 3.8) is 0 Å². The Morgan fingerprint density at radius 1 is 1.56 bits per heavy atom. The van der Waals surface area contributed by atoms with Crippen molar-refractivity contribution in [1.82, 2.24) is 0 Å². The molecule has 1 rings (SSSR count). The molecule has 1 unspecified atom stereocenters. The maximum Gasteiger partial charge on any atom is 0.334 e. The second kappa shape index (κ2) is 6.23. The number of halogens is 1. The van der Waals surface area contributed by atoms with E-state index >= 15 is 0 Å². The first-order valence-corrected chi connectivity index (χ1v) is 5.43. The molecule has 1 aromatic rings. The first kappa shape index (κ1) is 14.3. The molecule has 6 nitrogen and oxygen atoms in total. The van der Waals surface area contributed by atoms with Gasteiger partial charge in [0.15, 0.2) is 6.10 Å². The number of nitrogens with one attached hydrogen (secondary N) is 1. The number of primary amides is 1. The number of carbonyl (C=O) groups is 2. The summed E-state index contributed by atoms with van der Waals surface area (Å²) in [4.78, 5) is 22.0. The van der Waals surface area contributed by atoms with Gasteiger partial charge in [0.1, 0.15) is 0 Å². The maximum atomic E-state index is 11.2. The van der Waals surface area contributed by atoms with Crippen LogP contribution in [-0.4, -0.2) is 36.7 Å². The minimum atomic E-state index is -1.10. The van der Waals surface area contributed by atoms with Crippen LogP contribution in [0.5, 0.6) is 0 Å². The van der Waals surface area contributed by atoms with E-state index in [2.05, 4.69) is 5.32 Å². The minimum Gasteiger partial charge on any atom is -0.479 e. The standard InChI is InChI=1S/C11H13ClN2O4/c1-18-8(11(16)17)5-14-7-4-2-3-6(12)9(7)10(13)15/h2-4,8,14H,5H2,1H3,(H2,13,15)(H,16,17). The molecule has 0 fully saturated rings. The minimum absolute atomic E-state index is 0.00748. The highest BCUT2D eigenvalue weighted by molar-refractivity contribution is 6.34. The summed E-state index contributed by atoms with van der Waals surface area (Å²) in [5.41, 5.74) is 5.70. The van der Waals surface area contributed by atoms with Gasteiger partial charge in [-0.3, -0.25) is 4.79 Å². The quantitative estimate of drug-likeness (QED) is 0.716. The lowest BCUT2D eigenvalue weighted by Gasteiger charge is -2.15. The van der Waals surface area contributed by atoms with Gasteiger partial charge in [-0.1, -0.05) is 17.7 Å². The summed E-state index contributed by atoms with van der Waals surface area (Å²) >= 11 is 5.85. The van der Waals surface area contributed by atoms with Crippen LogP contribution in [0.2, 0.25) is 5.02 Å². The van der Waals surface area contributed by atoms with Crippen LogP contribution < -0.4 is 11.1 Å². The molecular formula is C11H13ClN2O4. The average Bonchev–Trinajstić information content (AvgIpc) is 2.28. The molecule has 98 valence electrons. The largest absolute Gasteiger partial charge is 0.479 e. The number of carboxylic acids is 1. The van der Waals surface area contributed by atoms with Gasteiger partial charge in [0.25, 0.3) is 5.91 Å². The van der Waals surface area contributed by atoms with E-state index in [4.69, 9.17) is 27.2 Å². The summed E-state index contributed by atoms with van der Waals surface area (Å²) < 4.78 is 4.75. The Hall–Kier alpha value is -1.79. The van der Waals surface area contributed by atoms with Gasteiger partial charge in [-0.25, -0.2) is 4.79 Å². The van der Waals surface area contributed by atoms with Gasteiger partial charge in [0, 0.05) is 12.8 Å². The summed E-state index contributed by atoms with van der Waals surface area (Å²) in [6.07, 6.45) is -1.02. The highest BCUT2D eigenvalue weighted by atomic mass is 35.5. The van der Waals surface area contributed by atoms with Crippen LogP contribution in [0.1, 0.15) is 10.4 Å². The van der Waals surface area contributed by atoms with E-state index in [1.807, 2.05) is 0 Å². The summed E-state index contributed by atoms with van der Waals surface area (Å²) in [6.45, 7) is -0.00748. The lowest BCUT2D eigenvalue weighted by atomic mass is 10.1. The average molecular weight is 273 g/mol. The second-order valence-corrected chi connectivity index (χ2v) is 3.88. The van der Waals surface area contributed by atoms with Crippen molar-refractivity contribution < 1.29 is 19.4 Å². The van der Waals surface area contributed by atoms with E-state index < -0.39 is 18.0 Å². The van der Waals surface area contributed by atoms with E-state index in [0.717, 1.165) is 0 Å². The molecule has 0 aromatic heterocycles. The number of anilines is 1. The van der Waals surface area contributed by atoms with Gasteiger partial charge in [0.05, 0.1) is 17.1 Å². The molecule has 0 bridgehead atoms. The predicted octanol–water partition coefficient (Wildman–Crippen LogP) is 0.950. The van der Waals surface area contributed by atoms with Crippen molar-refractivity contribution in [2.24, 2.45) is 5.73 Å². The SMILES string of the molecule is COC(CNc1cccc(Cl)c1C(N)=O)C(=O)O. The third kappa shape index (κ3) is 3.35. The molecule has 1 aromatic carbocycles.